The van der Waals surface area contributed by atoms with Crippen LogP contribution in [0.1, 0.15) is 168 Å². The Morgan fingerprint density at radius 2 is 1.00 bits per heavy atom. The normalized spacial score (nSPS) is 34.6. The second kappa shape index (κ2) is 15.6. The van der Waals surface area contributed by atoms with Gasteiger partial charge in [0.15, 0.2) is 0 Å². The van der Waals surface area contributed by atoms with Gasteiger partial charge in [-0.1, -0.05) is 117 Å². The van der Waals surface area contributed by atoms with Crippen molar-refractivity contribution in [1.82, 2.24) is 0 Å². The Kier molecular flexibility index (Phi) is 12.9. The highest BCUT2D eigenvalue weighted by Gasteiger charge is 2.44. The van der Waals surface area contributed by atoms with Crippen molar-refractivity contribution >= 4 is 0 Å². The molecule has 0 radical (unpaired) electrons. The third kappa shape index (κ3) is 8.56. The Balaban J connectivity index is 1.33. The van der Waals surface area contributed by atoms with Crippen molar-refractivity contribution in [3.05, 3.63) is 0 Å². The molecule has 3 fully saturated rings. The van der Waals surface area contributed by atoms with Crippen molar-refractivity contribution in [2.24, 2.45) is 35.0 Å². The topological polar surface area (TPSA) is 23.8 Å². The smallest absolute Gasteiger partial charge is 0.0692 e. The van der Waals surface area contributed by atoms with Gasteiger partial charge in [0.25, 0.3) is 0 Å². The molecule has 3 saturated carbocycles. The lowest BCUT2D eigenvalue weighted by Gasteiger charge is -2.46. The number of hydrogen-bond donors (Lipinski definition) is 0. The van der Waals surface area contributed by atoms with Crippen LogP contribution in [0.5, 0.6) is 0 Å². The second-order valence-corrected chi connectivity index (χ2v) is 13.0. The molecule has 0 spiro atoms. The minimum absolute atomic E-state index is 0.0398. The average molecular weight is 470 g/mol. The molecule has 0 aromatic heterocycles. The summed E-state index contributed by atoms with van der Waals surface area (Å²) in [4.78, 5) is 0. The minimum Gasteiger partial charge on any atom is -0.198 e. The maximum atomic E-state index is 10.3. The van der Waals surface area contributed by atoms with Gasteiger partial charge < -0.3 is 0 Å². The molecule has 3 aliphatic carbocycles. The SMILES string of the molecule is CCCCCCCCC1CCC([C@]2(C#N)CC[C@@H](C3CCC(CCCCCC)CC3)CC2)CC1. The van der Waals surface area contributed by atoms with Gasteiger partial charge in [-0.3, -0.25) is 0 Å². The number of nitriles is 1. The molecule has 196 valence electrons. The Morgan fingerprint density at radius 3 is 1.53 bits per heavy atom. The third-order valence-corrected chi connectivity index (χ3v) is 10.8. The fourth-order valence-electron chi connectivity index (χ4n) is 8.26. The van der Waals surface area contributed by atoms with E-state index in [2.05, 4.69) is 19.9 Å². The number of hydrogen-bond acceptors (Lipinski definition) is 1. The zero-order valence-electron chi connectivity index (χ0n) is 23.3. The van der Waals surface area contributed by atoms with E-state index in [-0.39, 0.29) is 5.41 Å². The predicted molar refractivity (Wildman–Crippen MR) is 148 cm³/mol. The van der Waals surface area contributed by atoms with Gasteiger partial charge in [0.2, 0.25) is 0 Å². The van der Waals surface area contributed by atoms with Gasteiger partial charge in [0, 0.05) is 0 Å². The van der Waals surface area contributed by atoms with Crippen molar-refractivity contribution < 1.29 is 0 Å². The monoisotopic (exact) mass is 469 g/mol. The number of nitrogens with zero attached hydrogens (tertiary/aromatic N) is 1. The van der Waals surface area contributed by atoms with Crippen molar-refractivity contribution in [3.63, 3.8) is 0 Å². The second-order valence-electron chi connectivity index (χ2n) is 13.0. The molecular formula is C33H59N. The summed E-state index contributed by atoms with van der Waals surface area (Å²) in [6.45, 7) is 4.62. The third-order valence-electron chi connectivity index (χ3n) is 10.8. The Labute approximate surface area is 214 Å². The highest BCUT2D eigenvalue weighted by Crippen LogP contribution is 2.53. The van der Waals surface area contributed by atoms with E-state index in [4.69, 9.17) is 0 Å². The van der Waals surface area contributed by atoms with Crippen LogP contribution in [0.4, 0.5) is 0 Å². The van der Waals surface area contributed by atoms with Crippen molar-refractivity contribution in [2.75, 3.05) is 0 Å². The van der Waals surface area contributed by atoms with Crippen LogP contribution in [0.15, 0.2) is 0 Å². The van der Waals surface area contributed by atoms with Crippen molar-refractivity contribution in [3.8, 4) is 6.07 Å². The number of rotatable bonds is 14. The standard InChI is InChI=1S/C33H59N/c1-3-5-7-9-10-12-14-29-17-21-32(22-18-29)33(27-34)25-23-31(24-26-33)30-19-15-28(16-20-30)13-11-8-6-4-2/h28-32H,3-26H2,1-2H3/t28?,29?,30?,31-,32?,33-. The molecular weight excluding hydrogens is 410 g/mol. The van der Waals surface area contributed by atoms with E-state index in [0.29, 0.717) is 5.92 Å². The fraction of sp³-hybridized carbons (Fsp3) is 0.970. The summed E-state index contributed by atoms with van der Waals surface area (Å²) >= 11 is 0. The van der Waals surface area contributed by atoms with Gasteiger partial charge in [-0.05, 0) is 81.0 Å². The van der Waals surface area contributed by atoms with E-state index in [1.54, 1.807) is 0 Å². The summed E-state index contributed by atoms with van der Waals surface area (Å²) in [7, 11) is 0. The fourth-order valence-corrected chi connectivity index (χ4v) is 8.26. The Hall–Kier alpha value is -0.510. The molecule has 3 rings (SSSR count). The maximum absolute atomic E-state index is 10.3. The minimum atomic E-state index is 0.0398. The van der Waals surface area contributed by atoms with Crippen LogP contribution in [0, 0.1) is 46.3 Å². The highest BCUT2D eigenvalue weighted by atomic mass is 14.5. The van der Waals surface area contributed by atoms with Gasteiger partial charge in [-0.2, -0.15) is 5.26 Å². The lowest BCUT2D eigenvalue weighted by molar-refractivity contribution is 0.0601. The first-order valence-corrected chi connectivity index (χ1v) is 16.1. The quantitative estimate of drug-likeness (QED) is 0.232. The van der Waals surface area contributed by atoms with Crippen molar-refractivity contribution in [2.45, 2.75) is 168 Å². The summed E-state index contributed by atoms with van der Waals surface area (Å²) in [6, 6.07) is 2.94. The largest absolute Gasteiger partial charge is 0.198 e. The molecule has 1 nitrogen and oxygen atoms in total. The molecule has 0 aromatic rings. The van der Waals surface area contributed by atoms with E-state index in [9.17, 15) is 5.26 Å². The van der Waals surface area contributed by atoms with E-state index in [1.807, 2.05) is 0 Å². The first kappa shape index (κ1) is 28.1. The lowest BCUT2D eigenvalue weighted by Crippen LogP contribution is -2.38. The van der Waals surface area contributed by atoms with Gasteiger partial charge in [0.05, 0.1) is 11.5 Å². The summed E-state index contributed by atoms with van der Waals surface area (Å²) < 4.78 is 0. The van der Waals surface area contributed by atoms with Gasteiger partial charge in [-0.15, -0.1) is 0 Å². The molecule has 0 atom stereocenters. The first-order valence-electron chi connectivity index (χ1n) is 16.1. The van der Waals surface area contributed by atoms with Crippen LogP contribution in [0.3, 0.4) is 0 Å². The summed E-state index contributed by atoms with van der Waals surface area (Å²) in [6.07, 6.45) is 33.9. The van der Waals surface area contributed by atoms with Crippen LogP contribution in [0.25, 0.3) is 0 Å². The lowest BCUT2D eigenvalue weighted by atomic mass is 9.57. The molecule has 0 amide bonds. The molecule has 0 N–H and O–H groups in total. The predicted octanol–water partition coefficient (Wildman–Crippen LogP) is 11.0. The number of unbranched alkanes of at least 4 members (excludes halogenated alkanes) is 8. The van der Waals surface area contributed by atoms with Gasteiger partial charge >= 0.3 is 0 Å². The van der Waals surface area contributed by atoms with Gasteiger partial charge in [0.1, 0.15) is 0 Å². The van der Waals surface area contributed by atoms with Gasteiger partial charge in [-0.25, -0.2) is 0 Å². The van der Waals surface area contributed by atoms with Crippen LogP contribution < -0.4 is 0 Å². The van der Waals surface area contributed by atoms with Crippen molar-refractivity contribution in [1.29, 1.82) is 5.26 Å². The average Bonchev–Trinajstić information content (AvgIpc) is 2.89. The zero-order chi connectivity index (χ0) is 24.1. The van der Waals surface area contributed by atoms with E-state index in [1.165, 1.54) is 154 Å². The van der Waals surface area contributed by atoms with E-state index >= 15 is 0 Å². The van der Waals surface area contributed by atoms with Crippen LogP contribution in [-0.4, -0.2) is 0 Å². The van der Waals surface area contributed by atoms with Crippen LogP contribution in [0.2, 0.25) is 0 Å². The maximum Gasteiger partial charge on any atom is 0.0692 e. The highest BCUT2D eigenvalue weighted by molar-refractivity contribution is 5.06. The summed E-state index contributed by atoms with van der Waals surface area (Å²) in [5.41, 5.74) is 0.0398. The molecule has 0 heterocycles. The molecule has 0 aromatic carbocycles. The van der Waals surface area contributed by atoms with E-state index < -0.39 is 0 Å². The van der Waals surface area contributed by atoms with E-state index in [0.717, 1.165) is 23.7 Å². The van der Waals surface area contributed by atoms with Crippen LogP contribution in [-0.2, 0) is 0 Å². The summed E-state index contributed by atoms with van der Waals surface area (Å²) in [5, 5.41) is 10.3. The molecule has 3 aliphatic rings. The molecule has 1 heteroatoms. The first-order chi connectivity index (χ1) is 16.7. The summed E-state index contributed by atoms with van der Waals surface area (Å²) in [5.74, 6) is 4.62. The molecule has 34 heavy (non-hydrogen) atoms. The molecule has 0 aliphatic heterocycles. The molecule has 0 saturated heterocycles. The molecule has 0 unspecified atom stereocenters. The Bertz CT molecular complexity index is 550. The zero-order valence-corrected chi connectivity index (χ0v) is 23.3. The Morgan fingerprint density at radius 1 is 0.559 bits per heavy atom. The molecule has 0 bridgehead atoms. The van der Waals surface area contributed by atoms with Crippen LogP contribution >= 0.6 is 0 Å².